The van der Waals surface area contributed by atoms with E-state index in [2.05, 4.69) is 10.6 Å². The topological polar surface area (TPSA) is 61.4 Å². The van der Waals surface area contributed by atoms with Gasteiger partial charge >= 0.3 is 6.03 Å². The van der Waals surface area contributed by atoms with Gasteiger partial charge in [-0.3, -0.25) is 4.79 Å². The van der Waals surface area contributed by atoms with Crippen molar-refractivity contribution in [2.24, 2.45) is 0 Å². The summed E-state index contributed by atoms with van der Waals surface area (Å²) in [5.41, 5.74) is 1.42. The zero-order valence-electron chi connectivity index (χ0n) is 15.6. The average Bonchev–Trinajstić information content (AvgIpc) is 2.69. The van der Waals surface area contributed by atoms with E-state index in [4.69, 9.17) is 11.6 Å². The normalized spacial score (nSPS) is 23.8. The first-order valence-electron chi connectivity index (χ1n) is 9.81. The lowest BCUT2D eigenvalue weighted by atomic mass is 9.82. The van der Waals surface area contributed by atoms with Crippen LogP contribution in [0.3, 0.4) is 0 Å². The van der Waals surface area contributed by atoms with Gasteiger partial charge in [0.2, 0.25) is 0 Å². The zero-order valence-corrected chi connectivity index (χ0v) is 16.4. The van der Waals surface area contributed by atoms with Crippen LogP contribution in [0.2, 0.25) is 5.02 Å². The van der Waals surface area contributed by atoms with Crippen molar-refractivity contribution >= 4 is 29.2 Å². The summed E-state index contributed by atoms with van der Waals surface area (Å²) in [4.78, 5) is 27.4. The van der Waals surface area contributed by atoms with Gasteiger partial charge in [0.05, 0.1) is 0 Å². The molecule has 2 aliphatic rings. The Hall–Kier alpha value is -2.53. The Morgan fingerprint density at radius 2 is 1.57 bits per heavy atom. The molecule has 6 heteroatoms. The van der Waals surface area contributed by atoms with Crippen LogP contribution in [-0.4, -0.2) is 35.0 Å². The predicted octanol–water partition coefficient (Wildman–Crippen LogP) is 4.69. The first kappa shape index (κ1) is 18.8. The molecular weight excluding hydrogens is 374 g/mol. The minimum Gasteiger partial charge on any atom is -0.349 e. The molecule has 2 aliphatic heterocycles. The maximum absolute atomic E-state index is 12.9. The minimum absolute atomic E-state index is 0.0391. The number of rotatable bonds is 3. The van der Waals surface area contributed by atoms with Gasteiger partial charge in [-0.2, -0.15) is 0 Å². The molecule has 4 rings (SSSR count). The largest absolute Gasteiger partial charge is 0.349 e. The minimum atomic E-state index is -0.0649. The Bertz CT molecular complexity index is 827. The van der Waals surface area contributed by atoms with Crippen molar-refractivity contribution in [2.75, 3.05) is 5.32 Å². The lowest BCUT2D eigenvalue weighted by Gasteiger charge is -2.48. The quantitative estimate of drug-likeness (QED) is 0.789. The fraction of sp³-hybridized carbons (Fsp3) is 0.364. The van der Waals surface area contributed by atoms with Gasteiger partial charge in [0.25, 0.3) is 5.91 Å². The molecule has 0 aliphatic carbocycles. The molecule has 0 spiro atoms. The van der Waals surface area contributed by atoms with Gasteiger partial charge in [-0.05, 0) is 68.5 Å². The summed E-state index contributed by atoms with van der Waals surface area (Å²) >= 11 is 5.92. The molecule has 146 valence electrons. The van der Waals surface area contributed by atoms with Gasteiger partial charge in [0, 0.05) is 34.4 Å². The standard InChI is InChI=1S/C22H24ClN3O2/c23-16-9-11-17(12-10-16)25-22(28)26-19-7-4-8-20(26)14-18(13-19)24-21(27)15-5-2-1-3-6-15/h1-3,5-6,9-12,18-20H,4,7-8,13-14H2,(H,24,27)(H,25,28)/t18?,19-,20+. The third kappa shape index (κ3) is 4.14. The van der Waals surface area contributed by atoms with E-state index in [1.807, 2.05) is 47.4 Å². The molecule has 2 saturated heterocycles. The van der Waals surface area contributed by atoms with E-state index in [0.717, 1.165) is 37.8 Å². The highest BCUT2D eigenvalue weighted by Crippen LogP contribution is 2.34. The first-order valence-corrected chi connectivity index (χ1v) is 10.2. The van der Waals surface area contributed by atoms with Gasteiger partial charge in [0.1, 0.15) is 0 Å². The summed E-state index contributed by atoms with van der Waals surface area (Å²) in [5, 5.41) is 6.80. The molecular formula is C22H24ClN3O2. The first-order chi connectivity index (χ1) is 13.6. The Morgan fingerprint density at radius 1 is 0.929 bits per heavy atom. The van der Waals surface area contributed by atoms with Crippen LogP contribution >= 0.6 is 11.6 Å². The number of nitrogens with zero attached hydrogens (tertiary/aromatic N) is 1. The molecule has 0 aromatic heterocycles. The third-order valence-electron chi connectivity index (χ3n) is 5.68. The summed E-state index contributed by atoms with van der Waals surface area (Å²) in [6.07, 6.45) is 4.66. The van der Waals surface area contributed by atoms with E-state index in [-0.39, 0.29) is 30.1 Å². The van der Waals surface area contributed by atoms with Crippen molar-refractivity contribution in [1.29, 1.82) is 0 Å². The molecule has 3 atom stereocenters. The monoisotopic (exact) mass is 397 g/mol. The number of benzene rings is 2. The Labute approximate surface area is 170 Å². The average molecular weight is 398 g/mol. The highest BCUT2D eigenvalue weighted by Gasteiger charge is 2.41. The summed E-state index contributed by atoms with van der Waals surface area (Å²) in [5.74, 6) is -0.0391. The number of amides is 3. The Morgan fingerprint density at radius 3 is 2.21 bits per heavy atom. The Kier molecular flexibility index (Phi) is 5.53. The van der Waals surface area contributed by atoms with Crippen molar-refractivity contribution in [2.45, 2.75) is 50.2 Å². The Balaban J connectivity index is 1.41. The second kappa shape index (κ2) is 8.23. The van der Waals surface area contributed by atoms with Crippen molar-refractivity contribution in [3.05, 3.63) is 65.2 Å². The number of nitrogens with one attached hydrogen (secondary N) is 2. The molecule has 28 heavy (non-hydrogen) atoms. The van der Waals surface area contributed by atoms with Crippen molar-refractivity contribution in [1.82, 2.24) is 10.2 Å². The van der Waals surface area contributed by atoms with Crippen LogP contribution in [0.25, 0.3) is 0 Å². The zero-order chi connectivity index (χ0) is 19.5. The number of carbonyl (C=O) groups excluding carboxylic acids is 2. The van der Waals surface area contributed by atoms with Crippen molar-refractivity contribution < 1.29 is 9.59 Å². The fourth-order valence-corrected chi connectivity index (χ4v) is 4.54. The lowest BCUT2D eigenvalue weighted by Crippen LogP contribution is -2.59. The van der Waals surface area contributed by atoms with E-state index in [9.17, 15) is 9.59 Å². The molecule has 2 N–H and O–H groups in total. The molecule has 2 bridgehead atoms. The summed E-state index contributed by atoms with van der Waals surface area (Å²) in [7, 11) is 0. The number of fused-ring (bicyclic) bond motifs is 2. The highest BCUT2D eigenvalue weighted by molar-refractivity contribution is 6.30. The summed E-state index contributed by atoms with van der Waals surface area (Å²) in [6, 6.07) is 16.8. The number of halogens is 1. The lowest BCUT2D eigenvalue weighted by molar-refractivity contribution is 0.0577. The second-order valence-electron chi connectivity index (χ2n) is 7.59. The molecule has 2 fully saturated rings. The second-order valence-corrected chi connectivity index (χ2v) is 8.03. The predicted molar refractivity (Wildman–Crippen MR) is 111 cm³/mol. The van der Waals surface area contributed by atoms with Crippen LogP contribution in [0.1, 0.15) is 42.5 Å². The van der Waals surface area contributed by atoms with E-state index < -0.39 is 0 Å². The highest BCUT2D eigenvalue weighted by atomic mass is 35.5. The third-order valence-corrected chi connectivity index (χ3v) is 5.93. The van der Waals surface area contributed by atoms with Crippen LogP contribution in [0.15, 0.2) is 54.6 Å². The molecule has 0 saturated carbocycles. The van der Waals surface area contributed by atoms with Crippen molar-refractivity contribution in [3.8, 4) is 0 Å². The van der Waals surface area contributed by atoms with Gasteiger partial charge in [-0.25, -0.2) is 4.79 Å². The number of urea groups is 1. The van der Waals surface area contributed by atoms with Gasteiger partial charge in [-0.15, -0.1) is 0 Å². The maximum Gasteiger partial charge on any atom is 0.322 e. The number of carbonyl (C=O) groups is 2. The van der Waals surface area contributed by atoms with Crippen LogP contribution in [0.4, 0.5) is 10.5 Å². The number of piperidine rings is 2. The molecule has 0 radical (unpaired) electrons. The number of hydrogen-bond acceptors (Lipinski definition) is 2. The van der Waals surface area contributed by atoms with E-state index in [0.29, 0.717) is 10.6 Å². The fourth-order valence-electron chi connectivity index (χ4n) is 4.41. The summed E-state index contributed by atoms with van der Waals surface area (Å²) in [6.45, 7) is 0. The van der Waals surface area contributed by atoms with Crippen molar-refractivity contribution in [3.63, 3.8) is 0 Å². The smallest absolute Gasteiger partial charge is 0.322 e. The van der Waals surface area contributed by atoms with Crippen LogP contribution in [0, 0.1) is 0 Å². The van der Waals surface area contributed by atoms with Gasteiger partial charge in [0.15, 0.2) is 0 Å². The van der Waals surface area contributed by atoms with Crippen LogP contribution in [-0.2, 0) is 0 Å². The molecule has 3 amide bonds. The molecule has 1 unspecified atom stereocenters. The number of hydrogen-bond donors (Lipinski definition) is 2. The van der Waals surface area contributed by atoms with Gasteiger partial charge in [-0.1, -0.05) is 29.8 Å². The number of anilines is 1. The molecule has 5 nitrogen and oxygen atoms in total. The maximum atomic E-state index is 12.9. The molecule has 2 aromatic rings. The molecule has 2 heterocycles. The van der Waals surface area contributed by atoms with E-state index >= 15 is 0 Å². The van der Waals surface area contributed by atoms with E-state index in [1.165, 1.54) is 0 Å². The van der Waals surface area contributed by atoms with Crippen LogP contribution in [0.5, 0.6) is 0 Å². The van der Waals surface area contributed by atoms with Gasteiger partial charge < -0.3 is 15.5 Å². The SMILES string of the molecule is O=C(NC1C[C@H]2CCC[C@@H](C1)N2C(=O)Nc1ccc(Cl)cc1)c1ccccc1. The van der Waals surface area contributed by atoms with E-state index in [1.54, 1.807) is 12.1 Å². The summed E-state index contributed by atoms with van der Waals surface area (Å²) < 4.78 is 0. The molecule has 2 aromatic carbocycles. The van der Waals surface area contributed by atoms with Crippen LogP contribution < -0.4 is 10.6 Å².